The van der Waals surface area contributed by atoms with E-state index in [1.54, 1.807) is 0 Å². The molecule has 1 atom stereocenters. The third kappa shape index (κ3) is 2.84. The molecular formula is C13H19Br. The zero-order chi connectivity index (χ0) is 10.4. The first kappa shape index (κ1) is 11.8. The van der Waals surface area contributed by atoms with Gasteiger partial charge >= 0.3 is 0 Å². The van der Waals surface area contributed by atoms with E-state index in [2.05, 4.69) is 60.1 Å². The lowest BCUT2D eigenvalue weighted by molar-refractivity contribution is 0.532. The summed E-state index contributed by atoms with van der Waals surface area (Å²) in [5, 5.41) is 0. The quantitative estimate of drug-likeness (QED) is 0.658. The predicted octanol–water partition coefficient (Wildman–Crippen LogP) is 4.88. The SMILES string of the molecule is CCCCC(Br)(CC)c1ccccc1. The van der Waals surface area contributed by atoms with Gasteiger partial charge in [-0.05, 0) is 18.4 Å². The molecule has 1 unspecified atom stereocenters. The minimum atomic E-state index is 0.199. The fourth-order valence-corrected chi connectivity index (χ4v) is 2.26. The fourth-order valence-electron chi connectivity index (χ4n) is 1.72. The molecule has 1 rings (SSSR count). The van der Waals surface area contributed by atoms with Crippen molar-refractivity contribution >= 4 is 15.9 Å². The van der Waals surface area contributed by atoms with Crippen molar-refractivity contribution in [2.45, 2.75) is 43.9 Å². The van der Waals surface area contributed by atoms with Gasteiger partial charge in [-0.1, -0.05) is 73.0 Å². The summed E-state index contributed by atoms with van der Waals surface area (Å²) >= 11 is 3.89. The van der Waals surface area contributed by atoms with E-state index >= 15 is 0 Å². The standard InChI is InChI=1S/C13H19Br/c1-3-5-11-13(14,4-2)12-9-7-6-8-10-12/h6-10H,3-5,11H2,1-2H3. The Morgan fingerprint density at radius 1 is 1.14 bits per heavy atom. The number of alkyl halides is 1. The van der Waals surface area contributed by atoms with Crippen molar-refractivity contribution in [3.8, 4) is 0 Å². The predicted molar refractivity (Wildman–Crippen MR) is 66.9 cm³/mol. The highest BCUT2D eigenvalue weighted by Gasteiger charge is 2.25. The molecule has 0 aliphatic rings. The molecule has 0 amide bonds. The van der Waals surface area contributed by atoms with Crippen LogP contribution in [0.15, 0.2) is 30.3 Å². The molecule has 0 aliphatic heterocycles. The summed E-state index contributed by atoms with van der Waals surface area (Å²) in [6.45, 7) is 4.49. The van der Waals surface area contributed by atoms with Gasteiger partial charge in [0.05, 0.1) is 4.32 Å². The van der Waals surface area contributed by atoms with Crippen LogP contribution in [0.3, 0.4) is 0 Å². The molecule has 0 spiro atoms. The number of rotatable bonds is 5. The van der Waals surface area contributed by atoms with Gasteiger partial charge in [-0.2, -0.15) is 0 Å². The third-order valence-corrected chi connectivity index (χ3v) is 4.19. The van der Waals surface area contributed by atoms with Crippen LogP contribution in [-0.4, -0.2) is 0 Å². The molecule has 14 heavy (non-hydrogen) atoms. The molecule has 1 aromatic carbocycles. The molecular weight excluding hydrogens is 236 g/mol. The lowest BCUT2D eigenvalue weighted by Gasteiger charge is -2.26. The van der Waals surface area contributed by atoms with Gasteiger partial charge in [0.1, 0.15) is 0 Å². The molecule has 78 valence electrons. The number of benzene rings is 1. The highest BCUT2D eigenvalue weighted by Crippen LogP contribution is 2.39. The van der Waals surface area contributed by atoms with Gasteiger partial charge in [0.2, 0.25) is 0 Å². The zero-order valence-corrected chi connectivity index (χ0v) is 10.7. The average Bonchev–Trinajstić information content (AvgIpc) is 2.27. The highest BCUT2D eigenvalue weighted by atomic mass is 79.9. The summed E-state index contributed by atoms with van der Waals surface area (Å²) in [5.74, 6) is 0. The molecule has 0 bridgehead atoms. The lowest BCUT2D eigenvalue weighted by atomic mass is 9.91. The monoisotopic (exact) mass is 254 g/mol. The van der Waals surface area contributed by atoms with E-state index in [4.69, 9.17) is 0 Å². The summed E-state index contributed by atoms with van der Waals surface area (Å²) in [7, 11) is 0. The molecule has 0 saturated heterocycles. The van der Waals surface area contributed by atoms with E-state index in [9.17, 15) is 0 Å². The molecule has 0 heterocycles. The van der Waals surface area contributed by atoms with Crippen LogP contribution < -0.4 is 0 Å². The maximum absolute atomic E-state index is 3.89. The van der Waals surface area contributed by atoms with Gasteiger partial charge in [0.15, 0.2) is 0 Å². The third-order valence-electron chi connectivity index (χ3n) is 2.78. The second kappa shape index (κ2) is 5.55. The minimum Gasteiger partial charge on any atom is -0.0801 e. The summed E-state index contributed by atoms with van der Waals surface area (Å²) in [6.07, 6.45) is 4.93. The second-order valence-corrected chi connectivity index (χ2v) is 5.31. The Balaban J connectivity index is 2.79. The van der Waals surface area contributed by atoms with Gasteiger partial charge in [0, 0.05) is 0 Å². The van der Waals surface area contributed by atoms with Gasteiger partial charge in [-0.15, -0.1) is 0 Å². The normalized spacial score (nSPS) is 15.1. The summed E-state index contributed by atoms with van der Waals surface area (Å²) in [4.78, 5) is 0. The van der Waals surface area contributed by atoms with Crippen molar-refractivity contribution < 1.29 is 0 Å². The van der Waals surface area contributed by atoms with Crippen LogP contribution in [0.4, 0.5) is 0 Å². The number of hydrogen-bond acceptors (Lipinski definition) is 0. The molecule has 1 aromatic rings. The average molecular weight is 255 g/mol. The van der Waals surface area contributed by atoms with Crippen molar-refractivity contribution in [1.82, 2.24) is 0 Å². The molecule has 0 saturated carbocycles. The Labute approximate surface area is 95.9 Å². The first-order valence-corrected chi connectivity index (χ1v) is 6.26. The number of hydrogen-bond donors (Lipinski definition) is 0. The van der Waals surface area contributed by atoms with Crippen molar-refractivity contribution in [3.63, 3.8) is 0 Å². The Morgan fingerprint density at radius 3 is 2.29 bits per heavy atom. The van der Waals surface area contributed by atoms with Crippen LogP contribution in [0.25, 0.3) is 0 Å². The Kier molecular flexibility index (Phi) is 4.67. The van der Waals surface area contributed by atoms with E-state index in [0.29, 0.717) is 0 Å². The molecule has 0 aromatic heterocycles. The number of halogens is 1. The summed E-state index contributed by atoms with van der Waals surface area (Å²) in [6, 6.07) is 10.7. The Morgan fingerprint density at radius 2 is 1.79 bits per heavy atom. The Bertz CT molecular complexity index is 255. The van der Waals surface area contributed by atoms with Crippen molar-refractivity contribution in [2.75, 3.05) is 0 Å². The lowest BCUT2D eigenvalue weighted by Crippen LogP contribution is -2.16. The smallest absolute Gasteiger partial charge is 0.0503 e. The molecule has 0 nitrogen and oxygen atoms in total. The summed E-state index contributed by atoms with van der Waals surface area (Å²) in [5.41, 5.74) is 1.41. The van der Waals surface area contributed by atoms with Crippen LogP contribution in [0.5, 0.6) is 0 Å². The highest BCUT2D eigenvalue weighted by molar-refractivity contribution is 9.09. The van der Waals surface area contributed by atoms with Gasteiger partial charge in [0.25, 0.3) is 0 Å². The van der Waals surface area contributed by atoms with Crippen molar-refractivity contribution in [3.05, 3.63) is 35.9 Å². The first-order chi connectivity index (χ1) is 6.73. The maximum Gasteiger partial charge on any atom is 0.0503 e. The van der Waals surface area contributed by atoms with Gasteiger partial charge < -0.3 is 0 Å². The fraction of sp³-hybridized carbons (Fsp3) is 0.538. The van der Waals surface area contributed by atoms with Crippen LogP contribution in [0.2, 0.25) is 0 Å². The zero-order valence-electron chi connectivity index (χ0n) is 9.09. The second-order valence-electron chi connectivity index (χ2n) is 3.79. The summed E-state index contributed by atoms with van der Waals surface area (Å²) < 4.78 is 0.199. The first-order valence-electron chi connectivity index (χ1n) is 5.47. The van der Waals surface area contributed by atoms with E-state index in [1.165, 1.54) is 24.8 Å². The van der Waals surface area contributed by atoms with Crippen LogP contribution in [0.1, 0.15) is 45.1 Å². The molecule has 1 heteroatoms. The van der Waals surface area contributed by atoms with Gasteiger partial charge in [-0.3, -0.25) is 0 Å². The topological polar surface area (TPSA) is 0 Å². The minimum absolute atomic E-state index is 0.199. The van der Waals surface area contributed by atoms with E-state index in [0.717, 1.165) is 6.42 Å². The maximum atomic E-state index is 3.89. The largest absolute Gasteiger partial charge is 0.0801 e. The van der Waals surface area contributed by atoms with E-state index in [1.807, 2.05) is 0 Å². The van der Waals surface area contributed by atoms with E-state index in [-0.39, 0.29) is 4.32 Å². The van der Waals surface area contributed by atoms with Crippen LogP contribution in [-0.2, 0) is 4.32 Å². The Hall–Kier alpha value is -0.300. The van der Waals surface area contributed by atoms with Gasteiger partial charge in [-0.25, -0.2) is 0 Å². The van der Waals surface area contributed by atoms with Crippen LogP contribution in [0, 0.1) is 0 Å². The molecule has 0 fully saturated rings. The van der Waals surface area contributed by atoms with Crippen molar-refractivity contribution in [2.24, 2.45) is 0 Å². The number of unbranched alkanes of at least 4 members (excludes halogenated alkanes) is 1. The molecule has 0 N–H and O–H groups in total. The molecule has 0 aliphatic carbocycles. The van der Waals surface area contributed by atoms with Crippen molar-refractivity contribution in [1.29, 1.82) is 0 Å². The van der Waals surface area contributed by atoms with Crippen LogP contribution >= 0.6 is 15.9 Å². The molecule has 0 radical (unpaired) electrons. The van der Waals surface area contributed by atoms with E-state index < -0.39 is 0 Å².